The minimum atomic E-state index is -0.521. The third kappa shape index (κ3) is 4.67. The van der Waals surface area contributed by atoms with Crippen molar-refractivity contribution in [3.8, 4) is 0 Å². The van der Waals surface area contributed by atoms with E-state index in [0.29, 0.717) is 48.5 Å². The number of rotatable bonds is 7. The van der Waals surface area contributed by atoms with Crippen LogP contribution in [-0.4, -0.2) is 49.9 Å². The van der Waals surface area contributed by atoms with Crippen LogP contribution >= 0.6 is 0 Å². The first-order valence-corrected chi connectivity index (χ1v) is 10.5. The number of aryl methyl sites for hydroxylation is 1. The normalized spacial score (nSPS) is 13.8. The van der Waals surface area contributed by atoms with Crippen molar-refractivity contribution in [1.29, 1.82) is 0 Å². The van der Waals surface area contributed by atoms with Crippen LogP contribution in [0.5, 0.6) is 0 Å². The summed E-state index contributed by atoms with van der Waals surface area (Å²) in [4.78, 5) is 39.0. The molecule has 2 heterocycles. The van der Waals surface area contributed by atoms with Crippen LogP contribution in [-0.2, 0) is 20.8 Å². The molecule has 1 aliphatic heterocycles. The molecule has 2 aromatic carbocycles. The number of methoxy groups -OCH3 is 1. The first-order chi connectivity index (χ1) is 15.6. The lowest BCUT2D eigenvalue weighted by Crippen LogP contribution is -2.36. The van der Waals surface area contributed by atoms with E-state index in [1.165, 1.54) is 11.7 Å². The number of benzene rings is 2. The van der Waals surface area contributed by atoms with Gasteiger partial charge < -0.3 is 24.1 Å². The maximum Gasteiger partial charge on any atom is 0.419 e. The lowest BCUT2D eigenvalue weighted by Gasteiger charge is -2.29. The van der Waals surface area contributed by atoms with E-state index in [1.54, 1.807) is 30.3 Å². The van der Waals surface area contributed by atoms with Crippen LogP contribution in [0.15, 0.2) is 51.7 Å². The molecule has 3 aromatic rings. The fourth-order valence-corrected chi connectivity index (χ4v) is 3.77. The van der Waals surface area contributed by atoms with E-state index in [2.05, 4.69) is 10.2 Å². The predicted molar refractivity (Wildman–Crippen MR) is 119 cm³/mol. The van der Waals surface area contributed by atoms with Gasteiger partial charge in [-0.25, -0.2) is 9.59 Å². The highest BCUT2D eigenvalue weighted by Gasteiger charge is 2.18. The Bertz CT molecular complexity index is 1180. The molecule has 1 fully saturated rings. The first-order valence-electron chi connectivity index (χ1n) is 10.5. The fourth-order valence-electron chi connectivity index (χ4n) is 3.77. The summed E-state index contributed by atoms with van der Waals surface area (Å²) in [5.74, 6) is -1.22. The van der Waals surface area contributed by atoms with Crippen molar-refractivity contribution < 1.29 is 23.5 Å². The average molecular weight is 439 g/mol. The van der Waals surface area contributed by atoms with Crippen molar-refractivity contribution in [2.45, 2.75) is 19.4 Å². The second-order valence-electron chi connectivity index (χ2n) is 7.46. The number of oxazole rings is 1. The smallest absolute Gasteiger partial charge is 0.419 e. The highest BCUT2D eigenvalue weighted by Crippen LogP contribution is 2.25. The van der Waals surface area contributed by atoms with Gasteiger partial charge in [0.15, 0.2) is 5.58 Å². The molecule has 9 nitrogen and oxygen atoms in total. The van der Waals surface area contributed by atoms with Crippen molar-refractivity contribution in [2.75, 3.05) is 43.6 Å². The number of hydrogen-bond acceptors (Lipinski definition) is 7. The quantitative estimate of drug-likeness (QED) is 0.565. The van der Waals surface area contributed by atoms with Crippen LogP contribution in [0.25, 0.3) is 11.1 Å². The van der Waals surface area contributed by atoms with Crippen LogP contribution in [0.4, 0.5) is 11.4 Å². The first kappa shape index (κ1) is 21.6. The van der Waals surface area contributed by atoms with E-state index in [-0.39, 0.29) is 12.3 Å². The maximum atomic E-state index is 12.5. The van der Waals surface area contributed by atoms with E-state index < -0.39 is 11.7 Å². The number of nitrogens with one attached hydrogen (secondary N) is 1. The molecule has 0 radical (unpaired) electrons. The monoisotopic (exact) mass is 439 g/mol. The van der Waals surface area contributed by atoms with Gasteiger partial charge in [-0.1, -0.05) is 12.1 Å². The van der Waals surface area contributed by atoms with Crippen LogP contribution in [0.3, 0.4) is 0 Å². The number of carbonyl (C=O) groups is 2. The Morgan fingerprint density at radius 1 is 1.12 bits per heavy atom. The average Bonchev–Trinajstić information content (AvgIpc) is 3.14. The van der Waals surface area contributed by atoms with Gasteiger partial charge in [0.05, 0.1) is 37.1 Å². The van der Waals surface area contributed by atoms with Gasteiger partial charge >= 0.3 is 11.7 Å². The molecule has 0 spiro atoms. The Labute approximate surface area is 184 Å². The molecule has 1 aromatic heterocycles. The largest absolute Gasteiger partial charge is 0.465 e. The molecule has 0 aliphatic carbocycles. The van der Waals surface area contributed by atoms with Gasteiger partial charge in [0.1, 0.15) is 0 Å². The number of carbonyl (C=O) groups excluding carboxylic acids is 2. The van der Waals surface area contributed by atoms with Crippen molar-refractivity contribution in [3.05, 3.63) is 58.6 Å². The number of anilines is 2. The van der Waals surface area contributed by atoms with Crippen molar-refractivity contribution in [3.63, 3.8) is 0 Å². The molecular formula is C23H25N3O6. The number of ether oxygens (including phenoxy) is 2. The maximum absolute atomic E-state index is 12.5. The SMILES string of the molecule is COC(=O)c1cc(N2CCOCC2)ccc1NC(=O)CCCn1c(=O)oc2ccccc21. The van der Waals surface area contributed by atoms with Crippen molar-refractivity contribution in [1.82, 2.24) is 4.57 Å². The number of aromatic nitrogens is 1. The Balaban J connectivity index is 1.42. The van der Waals surface area contributed by atoms with Gasteiger partial charge in [-0.05, 0) is 36.8 Å². The number of amides is 1. The number of hydrogen-bond donors (Lipinski definition) is 1. The molecule has 0 unspecified atom stereocenters. The van der Waals surface area contributed by atoms with Gasteiger partial charge in [-0.3, -0.25) is 9.36 Å². The van der Waals surface area contributed by atoms with E-state index >= 15 is 0 Å². The minimum Gasteiger partial charge on any atom is -0.465 e. The Morgan fingerprint density at radius 3 is 2.69 bits per heavy atom. The topological polar surface area (TPSA) is 103 Å². The lowest BCUT2D eigenvalue weighted by atomic mass is 10.1. The molecule has 1 saturated heterocycles. The van der Waals surface area contributed by atoms with E-state index in [9.17, 15) is 14.4 Å². The van der Waals surface area contributed by atoms with E-state index in [4.69, 9.17) is 13.9 Å². The molecule has 1 amide bonds. The zero-order chi connectivity index (χ0) is 22.5. The summed E-state index contributed by atoms with van der Waals surface area (Å²) in [6.07, 6.45) is 0.618. The van der Waals surface area contributed by atoms with Crippen molar-refractivity contribution in [2.24, 2.45) is 0 Å². The van der Waals surface area contributed by atoms with Crippen LogP contribution in [0, 0.1) is 0 Å². The third-order valence-corrected chi connectivity index (χ3v) is 5.42. The molecule has 4 rings (SSSR count). The number of para-hydroxylation sites is 2. The molecule has 0 bridgehead atoms. The highest BCUT2D eigenvalue weighted by atomic mass is 16.5. The Kier molecular flexibility index (Phi) is 6.55. The summed E-state index contributed by atoms with van der Waals surface area (Å²) < 4.78 is 17.0. The fraction of sp³-hybridized carbons (Fsp3) is 0.348. The van der Waals surface area contributed by atoms with Gasteiger partial charge in [0, 0.05) is 31.7 Å². The number of fused-ring (bicyclic) bond motifs is 1. The summed E-state index contributed by atoms with van der Waals surface area (Å²) in [7, 11) is 1.31. The standard InChI is InChI=1S/C23H25N3O6/c1-30-22(28)17-15-16(25-11-13-31-14-12-25)8-9-18(17)24-21(27)7-4-10-26-19-5-2-3-6-20(19)32-23(26)29/h2-3,5-6,8-9,15H,4,7,10-14H2,1H3,(H,24,27). The molecule has 1 N–H and O–H groups in total. The molecule has 0 atom stereocenters. The second-order valence-corrected chi connectivity index (χ2v) is 7.46. The summed E-state index contributed by atoms with van der Waals surface area (Å²) in [6.45, 7) is 3.06. The third-order valence-electron chi connectivity index (χ3n) is 5.42. The summed E-state index contributed by atoms with van der Waals surface area (Å²) in [6, 6.07) is 12.5. The molecule has 9 heteroatoms. The summed E-state index contributed by atoms with van der Waals surface area (Å²) in [5.41, 5.74) is 2.78. The number of esters is 1. The zero-order valence-corrected chi connectivity index (χ0v) is 17.8. The van der Waals surface area contributed by atoms with Crippen LogP contribution in [0.1, 0.15) is 23.2 Å². The Hall–Kier alpha value is -3.59. The minimum absolute atomic E-state index is 0.178. The highest BCUT2D eigenvalue weighted by molar-refractivity contribution is 6.02. The summed E-state index contributed by atoms with van der Waals surface area (Å²) in [5, 5.41) is 2.79. The zero-order valence-electron chi connectivity index (χ0n) is 17.8. The second kappa shape index (κ2) is 9.69. The molecule has 32 heavy (non-hydrogen) atoms. The van der Waals surface area contributed by atoms with Crippen LogP contribution < -0.4 is 16.0 Å². The molecule has 0 saturated carbocycles. The van der Waals surface area contributed by atoms with E-state index in [1.807, 2.05) is 12.1 Å². The molecular weight excluding hydrogens is 414 g/mol. The number of nitrogens with zero attached hydrogens (tertiary/aromatic N) is 2. The van der Waals surface area contributed by atoms with Crippen molar-refractivity contribution >= 4 is 34.4 Å². The van der Waals surface area contributed by atoms with E-state index in [0.717, 1.165) is 18.8 Å². The predicted octanol–water partition coefficient (Wildman–Crippen LogP) is 2.64. The lowest BCUT2D eigenvalue weighted by molar-refractivity contribution is -0.116. The van der Waals surface area contributed by atoms with Gasteiger partial charge in [-0.15, -0.1) is 0 Å². The van der Waals surface area contributed by atoms with Gasteiger partial charge in [0.25, 0.3) is 0 Å². The Morgan fingerprint density at radius 2 is 1.91 bits per heavy atom. The van der Waals surface area contributed by atoms with Gasteiger partial charge in [0.2, 0.25) is 5.91 Å². The molecule has 168 valence electrons. The summed E-state index contributed by atoms with van der Waals surface area (Å²) >= 11 is 0. The molecule has 1 aliphatic rings. The van der Waals surface area contributed by atoms with Crippen LogP contribution in [0.2, 0.25) is 0 Å². The number of morpholine rings is 1. The van der Waals surface area contributed by atoms with Gasteiger partial charge in [-0.2, -0.15) is 0 Å².